The van der Waals surface area contributed by atoms with E-state index < -0.39 is 24.9 Å². The number of fused-ring (bicyclic) bond motifs is 5. The molecule has 2 aliphatic rings. The molecule has 8 nitrogen and oxygen atoms in total. The van der Waals surface area contributed by atoms with Gasteiger partial charge in [0.1, 0.15) is 0 Å². The van der Waals surface area contributed by atoms with Gasteiger partial charge in [0, 0.05) is 36.1 Å². The smallest absolute Gasteiger partial charge is 0.345 e. The normalized spacial score (nSPS) is 16.8. The van der Waals surface area contributed by atoms with Gasteiger partial charge in [-0.1, -0.05) is 6.92 Å². The van der Waals surface area contributed by atoms with Gasteiger partial charge in [0.05, 0.1) is 23.4 Å². The second-order valence-corrected chi connectivity index (χ2v) is 8.14. The number of carbonyl (C=O) groups excluding carboxylic acids is 1. The van der Waals surface area contributed by atoms with Crippen LogP contribution in [0.2, 0.25) is 5.28 Å². The van der Waals surface area contributed by atoms with Crippen LogP contribution >= 0.6 is 11.6 Å². The molecule has 2 N–H and O–H groups in total. The number of nitrogens with zero attached hydrogens (tertiary/aromatic N) is 3. The Morgan fingerprint density at radius 1 is 1.21 bits per heavy atom. The molecule has 1 aliphatic carbocycles. The highest BCUT2D eigenvalue weighted by Gasteiger charge is 2.34. The van der Waals surface area contributed by atoms with Crippen LogP contribution in [0.1, 0.15) is 45.6 Å². The summed E-state index contributed by atoms with van der Waals surface area (Å²) in [4.78, 5) is 27.4. The Hall–Kier alpha value is -3.18. The third-order valence-electron chi connectivity index (χ3n) is 5.74. The fraction of sp³-hybridized carbons (Fsp3) is 0.333. The van der Waals surface area contributed by atoms with Gasteiger partial charge in [-0.05, 0) is 35.6 Å². The Bertz CT molecular complexity index is 1270. The molecule has 172 valence electrons. The van der Waals surface area contributed by atoms with Gasteiger partial charge < -0.3 is 19.8 Å². The van der Waals surface area contributed by atoms with E-state index in [0.29, 0.717) is 36.2 Å². The zero-order chi connectivity index (χ0) is 23.3. The van der Waals surface area contributed by atoms with Gasteiger partial charge in [0.15, 0.2) is 5.82 Å². The maximum atomic E-state index is 15.7. The first kappa shape index (κ1) is 21.7. The summed E-state index contributed by atoms with van der Waals surface area (Å²) in [5, 5.41) is 2.64. The van der Waals surface area contributed by atoms with Crippen LogP contribution in [0, 0.1) is 5.82 Å². The average Bonchev–Trinajstić information content (AvgIpc) is 3.18. The Balaban J connectivity index is 1.56. The molecule has 0 radical (unpaired) electrons. The molecular formula is C21H17ClF3N5O3. The van der Waals surface area contributed by atoms with Crippen molar-refractivity contribution in [2.75, 3.05) is 6.54 Å². The number of pyridine rings is 1. The van der Waals surface area contributed by atoms with E-state index in [1.54, 1.807) is 0 Å². The van der Waals surface area contributed by atoms with Gasteiger partial charge in [-0.15, -0.1) is 0 Å². The van der Waals surface area contributed by atoms with E-state index in [1.165, 1.54) is 6.20 Å². The van der Waals surface area contributed by atoms with Crippen LogP contribution in [0.25, 0.3) is 11.3 Å². The largest absolute Gasteiger partial charge is 0.417 e. The van der Waals surface area contributed by atoms with Gasteiger partial charge in [-0.25, -0.2) is 14.4 Å². The van der Waals surface area contributed by atoms with Crippen molar-refractivity contribution in [1.29, 1.82) is 0 Å². The van der Waals surface area contributed by atoms with Crippen molar-refractivity contribution in [3.05, 3.63) is 51.4 Å². The van der Waals surface area contributed by atoms with E-state index >= 15 is 4.39 Å². The summed E-state index contributed by atoms with van der Waals surface area (Å²) >= 11 is 5.80. The highest BCUT2D eigenvalue weighted by Crippen LogP contribution is 2.42. The number of hydrogen-bond acceptors (Lipinski definition) is 6. The van der Waals surface area contributed by atoms with Crippen LogP contribution < -0.4 is 10.1 Å². The molecule has 5 rings (SSSR count). The third kappa shape index (κ3) is 3.80. The molecule has 0 saturated heterocycles. The lowest BCUT2D eigenvalue weighted by Crippen LogP contribution is -2.34. The second-order valence-electron chi connectivity index (χ2n) is 7.80. The molecule has 0 spiro atoms. The lowest BCUT2D eigenvalue weighted by atomic mass is 9.87. The van der Waals surface area contributed by atoms with Crippen LogP contribution in [0.15, 0.2) is 12.4 Å². The van der Waals surface area contributed by atoms with Gasteiger partial charge in [-0.3, -0.25) is 4.79 Å². The number of hydrogen-bond donors (Lipinski definition) is 2. The molecule has 3 aromatic rings. The van der Waals surface area contributed by atoms with E-state index in [2.05, 4.69) is 30.0 Å². The number of ether oxygens (including phenoxy) is 2. The number of amides is 1. The topological polar surface area (TPSA) is 102 Å². The highest BCUT2D eigenvalue weighted by atomic mass is 35.5. The van der Waals surface area contributed by atoms with Gasteiger partial charge in [0.25, 0.3) is 11.8 Å². The number of nitrogens with one attached hydrogen (secondary N) is 2. The quantitative estimate of drug-likeness (QED) is 0.533. The van der Waals surface area contributed by atoms with Gasteiger partial charge in [-0.2, -0.15) is 13.8 Å². The average molecular weight is 480 g/mol. The van der Waals surface area contributed by atoms with Crippen LogP contribution in [0.4, 0.5) is 13.2 Å². The molecule has 0 aromatic carbocycles. The Labute approximate surface area is 190 Å². The maximum Gasteiger partial charge on any atom is 0.345 e. The minimum absolute atomic E-state index is 0.0418. The maximum absolute atomic E-state index is 15.7. The fourth-order valence-electron chi connectivity index (χ4n) is 4.19. The fourth-order valence-corrected chi connectivity index (χ4v) is 4.31. The predicted molar refractivity (Wildman–Crippen MR) is 110 cm³/mol. The molecule has 4 heterocycles. The number of halogens is 4. The second kappa shape index (κ2) is 8.31. The molecule has 1 aliphatic heterocycles. The van der Waals surface area contributed by atoms with Crippen LogP contribution in [-0.2, 0) is 24.2 Å². The molecule has 3 aromatic heterocycles. The number of rotatable bonds is 5. The molecule has 0 bridgehead atoms. The van der Waals surface area contributed by atoms with E-state index in [-0.39, 0.29) is 34.1 Å². The molecule has 1 amide bonds. The summed E-state index contributed by atoms with van der Waals surface area (Å²) < 4.78 is 50.5. The summed E-state index contributed by atoms with van der Waals surface area (Å²) in [6.45, 7) is -1.13. The van der Waals surface area contributed by atoms with Gasteiger partial charge >= 0.3 is 6.61 Å². The molecule has 0 saturated carbocycles. The van der Waals surface area contributed by atoms with Gasteiger partial charge in [0.2, 0.25) is 11.2 Å². The lowest BCUT2D eigenvalue weighted by molar-refractivity contribution is -0.137. The van der Waals surface area contributed by atoms with Crippen molar-refractivity contribution < 1.29 is 27.4 Å². The third-order valence-corrected chi connectivity index (χ3v) is 5.92. The summed E-state index contributed by atoms with van der Waals surface area (Å²) in [6, 6.07) is 0. The number of carbonyl (C=O) groups is 1. The standard InChI is InChI=1S/C21H17ClF3N5O3/c1-8-4-26-17(31)13-11-3-2-9-5-27-19(14(23)12(9)16(11)29-15(8)13)33-18-10(7-32-21(24)25)6-28-20(22)30-18/h5-6,8,21,29H,2-4,7H2,1H3,(H,26,31)/t8-/m0/s1. The van der Waals surface area contributed by atoms with E-state index in [1.807, 2.05) is 6.92 Å². The molecule has 0 fully saturated rings. The molecule has 33 heavy (non-hydrogen) atoms. The first-order valence-corrected chi connectivity index (χ1v) is 10.5. The SMILES string of the molecule is C[C@H]1CNC(=O)c2c1[nH]c1c2CCc2cnc(Oc3nc(Cl)ncc3COC(F)F)c(F)c2-1. The van der Waals surface area contributed by atoms with Crippen LogP contribution in [0.5, 0.6) is 11.8 Å². The predicted octanol–water partition coefficient (Wildman–Crippen LogP) is 4.14. The van der Waals surface area contributed by atoms with E-state index in [4.69, 9.17) is 16.3 Å². The first-order valence-electron chi connectivity index (χ1n) is 10.1. The van der Waals surface area contributed by atoms with Crippen LogP contribution in [0.3, 0.4) is 0 Å². The zero-order valence-corrected chi connectivity index (χ0v) is 18.0. The summed E-state index contributed by atoms with van der Waals surface area (Å²) in [6.07, 6.45) is 3.69. The van der Waals surface area contributed by atoms with Crippen molar-refractivity contribution in [2.24, 2.45) is 0 Å². The number of aryl methyl sites for hydroxylation is 1. The van der Waals surface area contributed by atoms with Crippen molar-refractivity contribution in [3.8, 4) is 23.0 Å². The number of H-pyrrole nitrogens is 1. The summed E-state index contributed by atoms with van der Waals surface area (Å²) in [7, 11) is 0. The van der Waals surface area contributed by atoms with Crippen molar-refractivity contribution >= 4 is 17.5 Å². The lowest BCUT2D eigenvalue weighted by Gasteiger charge is -2.21. The molecule has 1 atom stereocenters. The van der Waals surface area contributed by atoms with Crippen molar-refractivity contribution in [1.82, 2.24) is 25.3 Å². The summed E-state index contributed by atoms with van der Waals surface area (Å²) in [5.41, 5.74) is 3.53. The van der Waals surface area contributed by atoms with Crippen molar-refractivity contribution in [3.63, 3.8) is 0 Å². The minimum Gasteiger partial charge on any atom is -0.417 e. The summed E-state index contributed by atoms with van der Waals surface area (Å²) in [5.74, 6) is -1.57. The van der Waals surface area contributed by atoms with E-state index in [9.17, 15) is 13.6 Å². The molecular weight excluding hydrogens is 463 g/mol. The Kier molecular flexibility index (Phi) is 5.45. The Morgan fingerprint density at radius 3 is 2.82 bits per heavy atom. The van der Waals surface area contributed by atoms with E-state index in [0.717, 1.165) is 17.5 Å². The highest BCUT2D eigenvalue weighted by molar-refractivity contribution is 6.28. The van der Waals surface area contributed by atoms with Crippen molar-refractivity contribution in [2.45, 2.75) is 38.9 Å². The Morgan fingerprint density at radius 2 is 2.03 bits per heavy atom. The molecule has 12 heteroatoms. The number of aromatic amines is 1. The first-order chi connectivity index (χ1) is 15.8. The molecule has 0 unspecified atom stereocenters. The zero-order valence-electron chi connectivity index (χ0n) is 17.2. The monoisotopic (exact) mass is 479 g/mol. The van der Waals surface area contributed by atoms with Crippen LogP contribution in [-0.4, -0.2) is 39.0 Å². The minimum atomic E-state index is -3.02. The number of alkyl halides is 2. The number of aromatic nitrogens is 4.